The quantitative estimate of drug-likeness (QED) is 0.840. The van der Waals surface area contributed by atoms with Crippen molar-refractivity contribution < 1.29 is 15.0 Å². The van der Waals surface area contributed by atoms with Crippen LogP contribution in [0.3, 0.4) is 0 Å². The maximum Gasteiger partial charge on any atom is 0.337 e. The molecule has 0 radical (unpaired) electrons. The van der Waals surface area contributed by atoms with Crippen LogP contribution in [-0.4, -0.2) is 34.0 Å². The summed E-state index contributed by atoms with van der Waals surface area (Å²) < 4.78 is 0. The summed E-state index contributed by atoms with van der Waals surface area (Å²) in [7, 11) is 0. The zero-order valence-electron chi connectivity index (χ0n) is 9.56. The van der Waals surface area contributed by atoms with Gasteiger partial charge in [-0.15, -0.1) is 0 Å². The third-order valence-corrected chi connectivity index (χ3v) is 3.00. The predicted molar refractivity (Wildman–Crippen MR) is 59.8 cm³/mol. The van der Waals surface area contributed by atoms with E-state index in [1.165, 1.54) is 12.6 Å². The fraction of sp³-hybridized carbons (Fsp3) is 0.500. The summed E-state index contributed by atoms with van der Waals surface area (Å²) in [6.07, 6.45) is 4.80. The zero-order valence-corrected chi connectivity index (χ0v) is 9.56. The molecule has 1 N–H and O–H groups in total. The van der Waals surface area contributed by atoms with Crippen molar-refractivity contribution in [1.29, 1.82) is 0 Å². The van der Waals surface area contributed by atoms with Gasteiger partial charge in [0.25, 0.3) is 0 Å². The molecule has 0 bridgehead atoms. The van der Waals surface area contributed by atoms with Crippen LogP contribution in [0.1, 0.15) is 35.3 Å². The molecule has 5 nitrogen and oxygen atoms in total. The van der Waals surface area contributed by atoms with Gasteiger partial charge in [-0.05, 0) is 25.9 Å². The van der Waals surface area contributed by atoms with E-state index >= 15 is 0 Å². The minimum absolute atomic E-state index is 0.0441. The first-order valence-electron chi connectivity index (χ1n) is 5.78. The smallest absolute Gasteiger partial charge is 0.337 e. The van der Waals surface area contributed by atoms with Crippen molar-refractivity contribution in [1.82, 2.24) is 9.88 Å². The molecule has 5 heteroatoms. The molecule has 0 unspecified atom stereocenters. The number of aromatic carboxylic acids is 1. The van der Waals surface area contributed by atoms with Crippen LogP contribution in [0.4, 0.5) is 0 Å². The number of hydrogen-bond donors (Lipinski definition) is 1. The van der Waals surface area contributed by atoms with Gasteiger partial charge in [-0.25, -0.2) is 4.79 Å². The molecule has 17 heavy (non-hydrogen) atoms. The molecule has 1 saturated heterocycles. The molecule has 0 aliphatic carbocycles. The number of carbonyl (C=O) groups is 1. The second-order valence-electron chi connectivity index (χ2n) is 4.31. The molecule has 0 atom stereocenters. The van der Waals surface area contributed by atoms with Crippen molar-refractivity contribution >= 4 is 5.97 Å². The Bertz CT molecular complexity index is 414. The normalized spacial score (nSPS) is 16.9. The first kappa shape index (κ1) is 11.9. The Labute approximate surface area is 99.7 Å². The van der Waals surface area contributed by atoms with Crippen molar-refractivity contribution in [2.45, 2.75) is 25.8 Å². The summed E-state index contributed by atoms with van der Waals surface area (Å²) in [6.45, 7) is 2.50. The molecule has 0 spiro atoms. The van der Waals surface area contributed by atoms with Crippen LogP contribution < -0.4 is 5.11 Å². The van der Waals surface area contributed by atoms with E-state index in [1.54, 1.807) is 0 Å². The minimum Gasteiger partial charge on any atom is -0.871 e. The summed E-state index contributed by atoms with van der Waals surface area (Å²) in [5.41, 5.74) is 0.397. The van der Waals surface area contributed by atoms with Crippen LogP contribution in [0.2, 0.25) is 0 Å². The molecule has 2 rings (SSSR count). The number of pyridine rings is 1. The highest BCUT2D eigenvalue weighted by atomic mass is 16.4. The molecule has 92 valence electrons. The molecule has 0 amide bonds. The molecular weight excluding hydrogens is 220 g/mol. The van der Waals surface area contributed by atoms with Gasteiger partial charge in [-0.1, -0.05) is 18.2 Å². The van der Waals surface area contributed by atoms with Crippen LogP contribution in [-0.2, 0) is 6.54 Å². The third-order valence-electron chi connectivity index (χ3n) is 3.00. The molecule has 1 aromatic rings. The van der Waals surface area contributed by atoms with Gasteiger partial charge in [-0.2, -0.15) is 0 Å². The third kappa shape index (κ3) is 2.94. The van der Waals surface area contributed by atoms with E-state index in [9.17, 15) is 9.90 Å². The van der Waals surface area contributed by atoms with Crippen LogP contribution in [0, 0.1) is 0 Å². The van der Waals surface area contributed by atoms with Crippen LogP contribution in [0.5, 0.6) is 5.75 Å². The van der Waals surface area contributed by atoms with E-state index in [0.717, 1.165) is 32.0 Å². The van der Waals surface area contributed by atoms with Crippen LogP contribution >= 0.6 is 0 Å². The number of carboxylic acid groups (broad SMARTS) is 1. The van der Waals surface area contributed by atoms with Crippen LogP contribution in [0.25, 0.3) is 0 Å². The average molecular weight is 235 g/mol. The second-order valence-corrected chi connectivity index (χ2v) is 4.31. The second kappa shape index (κ2) is 5.14. The lowest BCUT2D eigenvalue weighted by molar-refractivity contribution is -0.270. The number of piperidine rings is 1. The van der Waals surface area contributed by atoms with Crippen molar-refractivity contribution in [3.05, 3.63) is 23.5 Å². The Morgan fingerprint density at radius 3 is 2.71 bits per heavy atom. The molecule has 1 fully saturated rings. The van der Waals surface area contributed by atoms with E-state index in [2.05, 4.69) is 9.88 Å². The largest absolute Gasteiger partial charge is 0.871 e. The number of nitrogens with zero attached hydrogens (tertiary/aromatic N) is 2. The number of aromatic nitrogens is 1. The summed E-state index contributed by atoms with van der Waals surface area (Å²) >= 11 is 0. The molecule has 0 saturated carbocycles. The Balaban J connectivity index is 2.08. The van der Waals surface area contributed by atoms with Crippen molar-refractivity contribution in [2.75, 3.05) is 13.1 Å². The molecule has 1 aliphatic heterocycles. The number of likely N-dealkylation sites (tertiary alicyclic amines) is 1. The van der Waals surface area contributed by atoms with E-state index in [0.29, 0.717) is 12.2 Å². The number of rotatable bonds is 3. The molecular formula is C12H15N2O3-. The van der Waals surface area contributed by atoms with Crippen molar-refractivity contribution in [3.63, 3.8) is 0 Å². The van der Waals surface area contributed by atoms with Gasteiger partial charge >= 0.3 is 5.97 Å². The first-order chi connectivity index (χ1) is 8.16. The summed E-state index contributed by atoms with van der Waals surface area (Å²) in [6, 6.07) is 1.15. The standard InChI is InChI=1S/C12H16N2O3/c15-11-6-9(12(16)17)7-13-10(11)8-14-4-2-1-3-5-14/h6-7,15H,1-5,8H2,(H,16,17)/p-1. The summed E-state index contributed by atoms with van der Waals surface area (Å²) in [4.78, 5) is 16.8. The molecule has 1 aromatic heterocycles. The zero-order chi connectivity index (χ0) is 12.3. The number of hydrogen-bond acceptors (Lipinski definition) is 4. The molecule has 2 heterocycles. The van der Waals surface area contributed by atoms with Gasteiger partial charge in [0.05, 0.1) is 5.56 Å². The fourth-order valence-corrected chi connectivity index (χ4v) is 2.04. The maximum absolute atomic E-state index is 11.7. The van der Waals surface area contributed by atoms with Crippen molar-refractivity contribution in [3.8, 4) is 5.75 Å². The van der Waals surface area contributed by atoms with Gasteiger partial charge in [0, 0.05) is 18.4 Å². The average Bonchev–Trinajstić information content (AvgIpc) is 2.33. The summed E-state index contributed by atoms with van der Waals surface area (Å²) in [5, 5.41) is 20.4. The summed E-state index contributed by atoms with van der Waals surface area (Å²) in [5.74, 6) is -1.39. The molecule has 0 aromatic carbocycles. The molecule has 1 aliphatic rings. The predicted octanol–water partition coefficient (Wildman–Crippen LogP) is 0.839. The Morgan fingerprint density at radius 2 is 2.12 bits per heavy atom. The Kier molecular flexibility index (Phi) is 3.58. The van der Waals surface area contributed by atoms with E-state index in [4.69, 9.17) is 5.11 Å². The monoisotopic (exact) mass is 235 g/mol. The highest BCUT2D eigenvalue weighted by molar-refractivity contribution is 5.87. The lowest BCUT2D eigenvalue weighted by atomic mass is 10.1. The van der Waals surface area contributed by atoms with Gasteiger partial charge in [0.1, 0.15) is 0 Å². The van der Waals surface area contributed by atoms with Gasteiger partial charge in [-0.3, -0.25) is 9.88 Å². The Hall–Kier alpha value is -1.62. The SMILES string of the molecule is O=C(O)c1cnc(CN2CCCCC2)c([O-])c1. The van der Waals surface area contributed by atoms with E-state index in [1.807, 2.05) is 0 Å². The fourth-order valence-electron chi connectivity index (χ4n) is 2.04. The first-order valence-corrected chi connectivity index (χ1v) is 5.78. The highest BCUT2D eigenvalue weighted by Gasteiger charge is 2.12. The minimum atomic E-state index is -1.11. The number of carboxylic acids is 1. The Morgan fingerprint density at radius 1 is 1.41 bits per heavy atom. The lowest BCUT2D eigenvalue weighted by Crippen LogP contribution is -2.29. The van der Waals surface area contributed by atoms with Gasteiger partial charge in [0.15, 0.2) is 0 Å². The van der Waals surface area contributed by atoms with Gasteiger partial charge in [0.2, 0.25) is 0 Å². The maximum atomic E-state index is 11.7. The van der Waals surface area contributed by atoms with Crippen molar-refractivity contribution in [2.24, 2.45) is 0 Å². The highest BCUT2D eigenvalue weighted by Crippen LogP contribution is 2.17. The van der Waals surface area contributed by atoms with E-state index < -0.39 is 5.97 Å². The van der Waals surface area contributed by atoms with E-state index in [-0.39, 0.29) is 11.3 Å². The topological polar surface area (TPSA) is 76.5 Å². The van der Waals surface area contributed by atoms with Gasteiger partial charge < -0.3 is 10.2 Å². The lowest BCUT2D eigenvalue weighted by Gasteiger charge is -2.27. The van der Waals surface area contributed by atoms with Crippen LogP contribution in [0.15, 0.2) is 12.3 Å².